The van der Waals surface area contributed by atoms with E-state index < -0.39 is 68.4 Å². The highest BCUT2D eigenvalue weighted by atomic mass is 19.2. The van der Waals surface area contributed by atoms with Crippen LogP contribution in [0.5, 0.6) is 0 Å². The summed E-state index contributed by atoms with van der Waals surface area (Å²) in [4.78, 5) is 60.3. The van der Waals surface area contributed by atoms with E-state index in [1.165, 1.54) is 22.3 Å². The van der Waals surface area contributed by atoms with Crippen molar-refractivity contribution < 1.29 is 50.9 Å². The number of amides is 1. The lowest BCUT2D eigenvalue weighted by atomic mass is 9.83. The van der Waals surface area contributed by atoms with Gasteiger partial charge in [-0.25, -0.2) is 31.5 Å². The van der Waals surface area contributed by atoms with Crippen molar-refractivity contribution in [3.8, 4) is 0 Å². The second kappa shape index (κ2) is 14.7. The minimum atomic E-state index is -1.67. The van der Waals surface area contributed by atoms with Crippen LogP contribution >= 0.6 is 0 Å². The number of carboxylic acid groups (broad SMARTS) is 2. The molecular formula is C37H34F6N4O7. The SMILES string of the molecule is CC(=O)NC1CC=CC2CN(c3c(F)cc4c(=O)c(C(=O)O)cn(C5CC5)c4c3F)CC21.CF.O=C(O)c1cn(C2CC2)c2c(F)c(F)c(F)cc2c1=O. The van der Waals surface area contributed by atoms with Crippen LogP contribution in [0.3, 0.4) is 0 Å². The number of benzene rings is 2. The quantitative estimate of drug-likeness (QED) is 0.126. The lowest BCUT2D eigenvalue weighted by Crippen LogP contribution is -2.43. The number of pyridine rings is 2. The Bertz CT molecular complexity index is 2370. The Morgan fingerprint density at radius 2 is 1.24 bits per heavy atom. The highest BCUT2D eigenvalue weighted by molar-refractivity contribution is 5.94. The van der Waals surface area contributed by atoms with Gasteiger partial charge in [-0.3, -0.25) is 18.8 Å². The number of rotatable bonds is 6. The van der Waals surface area contributed by atoms with Crippen LogP contribution in [0.15, 0.2) is 46.3 Å². The summed E-state index contributed by atoms with van der Waals surface area (Å²) in [5.41, 5.74) is -3.65. The van der Waals surface area contributed by atoms with E-state index in [1.807, 2.05) is 12.2 Å². The summed E-state index contributed by atoms with van der Waals surface area (Å²) in [7, 11) is 0.500. The maximum atomic E-state index is 15.9. The summed E-state index contributed by atoms with van der Waals surface area (Å²) in [5, 5.41) is 20.6. The van der Waals surface area contributed by atoms with Crippen molar-refractivity contribution in [1.29, 1.82) is 0 Å². The van der Waals surface area contributed by atoms with Gasteiger partial charge in [-0.1, -0.05) is 12.2 Å². The van der Waals surface area contributed by atoms with Crippen molar-refractivity contribution >= 4 is 45.3 Å². The molecule has 0 bridgehead atoms. The number of nitrogens with one attached hydrogen (secondary N) is 1. The maximum Gasteiger partial charge on any atom is 0.341 e. The average Bonchev–Trinajstić information content (AvgIpc) is 4.07. The molecule has 3 heterocycles. The molecule has 3 N–H and O–H groups in total. The summed E-state index contributed by atoms with van der Waals surface area (Å²) in [6.45, 7) is 2.20. The first-order valence-corrected chi connectivity index (χ1v) is 17.0. The molecule has 1 aliphatic heterocycles. The van der Waals surface area contributed by atoms with Crippen LogP contribution in [0.1, 0.15) is 71.8 Å². The van der Waals surface area contributed by atoms with Crippen LogP contribution in [0.25, 0.3) is 21.8 Å². The van der Waals surface area contributed by atoms with E-state index in [-0.39, 0.29) is 58.0 Å². The average molecular weight is 761 g/mol. The number of nitrogens with zero attached hydrogens (tertiary/aromatic N) is 3. The minimum Gasteiger partial charge on any atom is -0.477 e. The van der Waals surface area contributed by atoms with Gasteiger partial charge in [0, 0.05) is 62.4 Å². The molecular weight excluding hydrogens is 726 g/mol. The normalized spacial score (nSPS) is 20.1. The van der Waals surface area contributed by atoms with Crippen LogP contribution < -0.4 is 21.1 Å². The summed E-state index contributed by atoms with van der Waals surface area (Å²) >= 11 is 0. The Hall–Kier alpha value is -5.61. The molecule has 3 unspecified atom stereocenters. The van der Waals surface area contributed by atoms with E-state index in [1.54, 1.807) is 4.90 Å². The monoisotopic (exact) mass is 760 g/mol. The number of carboxylic acids is 2. The molecule has 2 aromatic carbocycles. The van der Waals surface area contributed by atoms with Crippen LogP contribution in [-0.2, 0) is 4.79 Å². The summed E-state index contributed by atoms with van der Waals surface area (Å²) in [6, 6.07) is 1.08. The number of carbonyl (C=O) groups is 3. The van der Waals surface area contributed by atoms with E-state index in [0.29, 0.717) is 45.6 Å². The Morgan fingerprint density at radius 3 is 1.72 bits per heavy atom. The summed E-state index contributed by atoms with van der Waals surface area (Å²) in [5.74, 6) is -9.41. The van der Waals surface area contributed by atoms with Crippen LogP contribution in [0.4, 0.5) is 32.0 Å². The summed E-state index contributed by atoms with van der Waals surface area (Å²) in [6.07, 6.45) is 9.64. The molecule has 0 radical (unpaired) electrons. The summed E-state index contributed by atoms with van der Waals surface area (Å²) < 4.78 is 83.7. The van der Waals surface area contributed by atoms with Crippen molar-refractivity contribution in [2.24, 2.45) is 11.8 Å². The predicted octanol–water partition coefficient (Wildman–Crippen LogP) is 5.87. The number of anilines is 1. The Morgan fingerprint density at radius 1 is 0.741 bits per heavy atom. The third-order valence-electron chi connectivity index (χ3n) is 10.1. The van der Waals surface area contributed by atoms with Gasteiger partial charge in [0.15, 0.2) is 23.3 Å². The number of fused-ring (bicyclic) bond motifs is 3. The third-order valence-corrected chi connectivity index (χ3v) is 10.1. The molecule has 2 aromatic heterocycles. The Kier molecular flexibility index (Phi) is 10.4. The smallest absolute Gasteiger partial charge is 0.341 e. The number of hydrogen-bond acceptors (Lipinski definition) is 6. The molecule has 2 saturated carbocycles. The molecule has 3 aliphatic carbocycles. The zero-order valence-corrected chi connectivity index (χ0v) is 28.8. The topological polar surface area (TPSA) is 151 Å². The van der Waals surface area contributed by atoms with Crippen LogP contribution in [0.2, 0.25) is 0 Å². The van der Waals surface area contributed by atoms with Gasteiger partial charge in [-0.2, -0.15) is 0 Å². The highest BCUT2D eigenvalue weighted by Crippen LogP contribution is 2.42. The van der Waals surface area contributed by atoms with Gasteiger partial charge in [0.2, 0.25) is 16.8 Å². The number of hydrogen-bond donors (Lipinski definition) is 3. The maximum absolute atomic E-state index is 15.9. The molecule has 1 saturated heterocycles. The standard InChI is InChI=1S/C23H23F2N3O4.C13H8F3NO3.CH3F/c1-11(29)26-18-4-2-3-12-8-27(9-15(12)18)21-17(24)7-14-20(19(21)25)28(13-5-6-13)10-16(22(14)30)23(31)32;14-8-3-6-11(10(16)9(8)15)17(5-1-2-5)4-7(12(6)18)13(19)20;1-2/h2-3,7,10,12-13,15,18H,4-6,8-9H2,1H3,(H,26,29)(H,31,32);3-5H,1-2H2,(H,19,20);1H3. The number of aromatic nitrogens is 2. The Labute approximate surface area is 302 Å². The fourth-order valence-electron chi connectivity index (χ4n) is 7.39. The van der Waals surface area contributed by atoms with Crippen LogP contribution in [0, 0.1) is 40.9 Å². The first kappa shape index (κ1) is 38.1. The van der Waals surface area contributed by atoms with Gasteiger partial charge in [-0.05, 0) is 44.2 Å². The fourth-order valence-corrected chi connectivity index (χ4v) is 7.39. The molecule has 54 heavy (non-hydrogen) atoms. The van der Waals surface area contributed by atoms with Gasteiger partial charge in [0.05, 0.1) is 29.0 Å². The first-order valence-electron chi connectivity index (χ1n) is 17.0. The number of halogens is 6. The fraction of sp³-hybridized carbons (Fsp3) is 0.378. The van der Waals surface area contributed by atoms with Gasteiger partial charge in [-0.15, -0.1) is 0 Å². The van der Waals surface area contributed by atoms with E-state index in [0.717, 1.165) is 25.1 Å². The lowest BCUT2D eigenvalue weighted by Gasteiger charge is -2.29. The number of carbonyl (C=O) groups excluding carboxylic acids is 1. The van der Waals surface area contributed by atoms with Crippen molar-refractivity contribution in [3.63, 3.8) is 0 Å². The molecule has 11 nitrogen and oxygen atoms in total. The second-order valence-corrected chi connectivity index (χ2v) is 13.6. The molecule has 4 aromatic rings. The van der Waals surface area contributed by atoms with Gasteiger partial charge in [0.25, 0.3) is 0 Å². The molecule has 3 fully saturated rings. The molecule has 4 aliphatic rings. The first-order chi connectivity index (χ1) is 25.7. The van der Waals surface area contributed by atoms with Gasteiger partial charge < -0.3 is 29.6 Å². The van der Waals surface area contributed by atoms with E-state index in [4.69, 9.17) is 5.11 Å². The van der Waals surface area contributed by atoms with Crippen molar-refractivity contribution in [2.75, 3.05) is 25.2 Å². The third kappa shape index (κ3) is 6.82. The predicted molar refractivity (Wildman–Crippen MR) is 184 cm³/mol. The van der Waals surface area contributed by atoms with Crippen molar-refractivity contribution in [3.05, 3.63) is 97.3 Å². The van der Waals surface area contributed by atoms with E-state index in [2.05, 4.69) is 5.32 Å². The van der Waals surface area contributed by atoms with Gasteiger partial charge >= 0.3 is 11.9 Å². The van der Waals surface area contributed by atoms with E-state index in [9.17, 15) is 46.6 Å². The van der Waals surface area contributed by atoms with Crippen LogP contribution in [-0.4, -0.2) is 63.5 Å². The molecule has 286 valence electrons. The lowest BCUT2D eigenvalue weighted by molar-refractivity contribution is -0.120. The second-order valence-electron chi connectivity index (χ2n) is 13.6. The van der Waals surface area contributed by atoms with E-state index >= 15 is 8.78 Å². The Balaban J connectivity index is 0.000000194. The minimum absolute atomic E-state index is 0.0124. The zero-order chi connectivity index (χ0) is 39.3. The molecule has 0 spiro atoms. The molecule has 17 heteroatoms. The number of alkyl halides is 1. The van der Waals surface area contributed by atoms with Crippen molar-refractivity contribution in [1.82, 2.24) is 14.5 Å². The highest BCUT2D eigenvalue weighted by Gasteiger charge is 2.41. The number of aromatic carboxylic acids is 2. The van der Waals surface area contributed by atoms with Crippen molar-refractivity contribution in [2.45, 2.75) is 57.2 Å². The zero-order valence-electron chi connectivity index (χ0n) is 28.8. The largest absolute Gasteiger partial charge is 0.477 e. The molecule has 3 atom stereocenters. The van der Waals surface area contributed by atoms with Gasteiger partial charge in [0.1, 0.15) is 22.6 Å². The molecule has 8 rings (SSSR count). The molecule has 1 amide bonds.